The van der Waals surface area contributed by atoms with Crippen LogP contribution in [-0.2, 0) is 4.74 Å². The lowest BCUT2D eigenvalue weighted by atomic mass is 10.1. The van der Waals surface area contributed by atoms with Gasteiger partial charge in [-0.1, -0.05) is 0 Å². The number of ether oxygens (including phenoxy) is 1. The van der Waals surface area contributed by atoms with Gasteiger partial charge in [0.15, 0.2) is 0 Å². The van der Waals surface area contributed by atoms with Crippen LogP contribution in [0, 0.1) is 0 Å². The SMILES string of the molecule is CC1(OCCO)CCNC1. The third-order valence-electron chi connectivity index (χ3n) is 1.87. The quantitative estimate of drug-likeness (QED) is 0.575. The summed E-state index contributed by atoms with van der Waals surface area (Å²) in [6, 6.07) is 0. The van der Waals surface area contributed by atoms with E-state index in [2.05, 4.69) is 12.2 Å². The molecule has 0 bridgehead atoms. The zero-order valence-electron chi connectivity index (χ0n) is 6.39. The Kier molecular flexibility index (Phi) is 2.65. The molecule has 1 heterocycles. The molecule has 0 aromatic rings. The van der Waals surface area contributed by atoms with E-state index in [0.717, 1.165) is 19.5 Å². The fourth-order valence-electron chi connectivity index (χ4n) is 1.21. The van der Waals surface area contributed by atoms with Crippen LogP contribution in [0.2, 0.25) is 0 Å². The molecule has 2 N–H and O–H groups in total. The minimum atomic E-state index is -0.0251. The molecular weight excluding hydrogens is 130 g/mol. The van der Waals surface area contributed by atoms with Crippen molar-refractivity contribution in [2.45, 2.75) is 18.9 Å². The van der Waals surface area contributed by atoms with E-state index in [1.807, 2.05) is 0 Å². The molecule has 0 aromatic carbocycles. The molecule has 1 atom stereocenters. The fraction of sp³-hybridized carbons (Fsp3) is 1.00. The van der Waals surface area contributed by atoms with Gasteiger partial charge in [-0.25, -0.2) is 0 Å². The molecule has 10 heavy (non-hydrogen) atoms. The van der Waals surface area contributed by atoms with Crippen LogP contribution in [0.3, 0.4) is 0 Å². The van der Waals surface area contributed by atoms with E-state index in [0.29, 0.717) is 6.61 Å². The van der Waals surface area contributed by atoms with Gasteiger partial charge in [-0.15, -0.1) is 0 Å². The minimum Gasteiger partial charge on any atom is -0.394 e. The molecule has 1 saturated heterocycles. The topological polar surface area (TPSA) is 41.5 Å². The van der Waals surface area contributed by atoms with Gasteiger partial charge < -0.3 is 15.2 Å². The lowest BCUT2D eigenvalue weighted by Gasteiger charge is -2.22. The molecule has 3 nitrogen and oxygen atoms in total. The van der Waals surface area contributed by atoms with Gasteiger partial charge in [0.1, 0.15) is 0 Å². The largest absolute Gasteiger partial charge is 0.394 e. The Hall–Kier alpha value is -0.120. The number of hydrogen-bond donors (Lipinski definition) is 2. The van der Waals surface area contributed by atoms with Crippen molar-refractivity contribution in [3.05, 3.63) is 0 Å². The number of nitrogens with one attached hydrogen (secondary N) is 1. The van der Waals surface area contributed by atoms with Crippen LogP contribution in [0.25, 0.3) is 0 Å². The lowest BCUT2D eigenvalue weighted by molar-refractivity contribution is -0.0315. The summed E-state index contributed by atoms with van der Waals surface area (Å²) in [6.07, 6.45) is 1.05. The van der Waals surface area contributed by atoms with Gasteiger partial charge in [-0.05, 0) is 19.9 Å². The van der Waals surface area contributed by atoms with Crippen molar-refractivity contribution >= 4 is 0 Å². The first-order chi connectivity index (χ1) is 4.77. The number of aliphatic hydroxyl groups excluding tert-OH is 1. The molecule has 0 amide bonds. The van der Waals surface area contributed by atoms with Gasteiger partial charge in [0.05, 0.1) is 18.8 Å². The van der Waals surface area contributed by atoms with Crippen LogP contribution < -0.4 is 5.32 Å². The van der Waals surface area contributed by atoms with E-state index in [-0.39, 0.29) is 12.2 Å². The molecule has 1 fully saturated rings. The Morgan fingerprint density at radius 2 is 2.50 bits per heavy atom. The Morgan fingerprint density at radius 1 is 1.70 bits per heavy atom. The standard InChI is InChI=1S/C7H15NO2/c1-7(10-5-4-9)2-3-8-6-7/h8-9H,2-6H2,1H3. The van der Waals surface area contributed by atoms with Crippen molar-refractivity contribution in [2.24, 2.45) is 0 Å². The second-order valence-electron chi connectivity index (χ2n) is 2.95. The summed E-state index contributed by atoms with van der Waals surface area (Å²) in [4.78, 5) is 0. The lowest BCUT2D eigenvalue weighted by Crippen LogP contribution is -2.32. The summed E-state index contributed by atoms with van der Waals surface area (Å²) in [5.74, 6) is 0. The Bertz CT molecular complexity index is 99.8. The Morgan fingerprint density at radius 3 is 3.00 bits per heavy atom. The fourth-order valence-corrected chi connectivity index (χ4v) is 1.21. The molecule has 0 spiro atoms. The summed E-state index contributed by atoms with van der Waals surface area (Å²) < 4.78 is 5.43. The van der Waals surface area contributed by atoms with Gasteiger partial charge in [-0.2, -0.15) is 0 Å². The predicted molar refractivity (Wildman–Crippen MR) is 38.9 cm³/mol. The first-order valence-corrected chi connectivity index (χ1v) is 3.72. The first-order valence-electron chi connectivity index (χ1n) is 3.72. The van der Waals surface area contributed by atoms with Gasteiger partial charge >= 0.3 is 0 Å². The highest BCUT2D eigenvalue weighted by Gasteiger charge is 2.28. The highest BCUT2D eigenvalue weighted by molar-refractivity contribution is 4.84. The second-order valence-corrected chi connectivity index (χ2v) is 2.95. The average Bonchev–Trinajstić information content (AvgIpc) is 2.33. The monoisotopic (exact) mass is 145 g/mol. The highest BCUT2D eigenvalue weighted by Crippen LogP contribution is 2.17. The maximum atomic E-state index is 8.50. The van der Waals surface area contributed by atoms with Crippen molar-refractivity contribution in [3.8, 4) is 0 Å². The van der Waals surface area contributed by atoms with Crippen LogP contribution in [0.15, 0.2) is 0 Å². The van der Waals surface area contributed by atoms with Gasteiger partial charge in [0.2, 0.25) is 0 Å². The molecular formula is C7H15NO2. The maximum absolute atomic E-state index is 8.50. The van der Waals surface area contributed by atoms with Gasteiger partial charge in [-0.3, -0.25) is 0 Å². The number of rotatable bonds is 3. The Labute approximate surface area is 61.4 Å². The average molecular weight is 145 g/mol. The minimum absolute atomic E-state index is 0.0251. The van der Waals surface area contributed by atoms with E-state index in [9.17, 15) is 0 Å². The first kappa shape index (κ1) is 7.98. The third kappa shape index (κ3) is 1.94. The second kappa shape index (κ2) is 3.32. The summed E-state index contributed by atoms with van der Waals surface area (Å²) in [5, 5.41) is 11.7. The summed E-state index contributed by atoms with van der Waals surface area (Å²) >= 11 is 0. The molecule has 3 heteroatoms. The predicted octanol–water partition coefficient (Wildman–Crippen LogP) is -0.253. The highest BCUT2D eigenvalue weighted by atomic mass is 16.5. The normalized spacial score (nSPS) is 33.0. The number of aliphatic hydroxyl groups is 1. The molecule has 1 aliphatic rings. The van der Waals surface area contributed by atoms with E-state index < -0.39 is 0 Å². The molecule has 0 saturated carbocycles. The smallest absolute Gasteiger partial charge is 0.0791 e. The summed E-state index contributed by atoms with van der Waals surface area (Å²) in [5.41, 5.74) is -0.0251. The van der Waals surface area contributed by atoms with Crippen LogP contribution in [-0.4, -0.2) is 37.0 Å². The van der Waals surface area contributed by atoms with Gasteiger partial charge in [0.25, 0.3) is 0 Å². The molecule has 1 rings (SSSR count). The van der Waals surface area contributed by atoms with E-state index in [1.54, 1.807) is 0 Å². The van der Waals surface area contributed by atoms with E-state index >= 15 is 0 Å². The van der Waals surface area contributed by atoms with Crippen LogP contribution >= 0.6 is 0 Å². The van der Waals surface area contributed by atoms with Crippen molar-refractivity contribution in [1.29, 1.82) is 0 Å². The van der Waals surface area contributed by atoms with Crippen molar-refractivity contribution in [2.75, 3.05) is 26.3 Å². The summed E-state index contributed by atoms with van der Waals surface area (Å²) in [6.45, 7) is 4.59. The van der Waals surface area contributed by atoms with Gasteiger partial charge in [0, 0.05) is 6.54 Å². The van der Waals surface area contributed by atoms with Crippen LogP contribution in [0.1, 0.15) is 13.3 Å². The third-order valence-corrected chi connectivity index (χ3v) is 1.87. The molecule has 1 unspecified atom stereocenters. The Balaban J connectivity index is 2.22. The molecule has 60 valence electrons. The molecule has 0 radical (unpaired) electrons. The maximum Gasteiger partial charge on any atom is 0.0791 e. The molecule has 0 aliphatic carbocycles. The van der Waals surface area contributed by atoms with Crippen molar-refractivity contribution < 1.29 is 9.84 Å². The van der Waals surface area contributed by atoms with Crippen molar-refractivity contribution in [3.63, 3.8) is 0 Å². The summed E-state index contributed by atoms with van der Waals surface area (Å²) in [7, 11) is 0. The molecule has 0 aromatic heterocycles. The number of hydrogen-bond acceptors (Lipinski definition) is 3. The van der Waals surface area contributed by atoms with Crippen LogP contribution in [0.4, 0.5) is 0 Å². The van der Waals surface area contributed by atoms with Crippen LogP contribution in [0.5, 0.6) is 0 Å². The van der Waals surface area contributed by atoms with Crippen molar-refractivity contribution in [1.82, 2.24) is 5.32 Å². The zero-order chi connectivity index (χ0) is 7.45. The molecule has 1 aliphatic heterocycles. The van der Waals surface area contributed by atoms with E-state index in [4.69, 9.17) is 9.84 Å². The zero-order valence-corrected chi connectivity index (χ0v) is 6.39. The van der Waals surface area contributed by atoms with E-state index in [1.165, 1.54) is 0 Å².